The number of hydrogen-bond acceptors (Lipinski definition) is 4. The van der Waals surface area contributed by atoms with E-state index in [-0.39, 0.29) is 12.4 Å². The molecular formula is C15H18N4O3. The minimum absolute atomic E-state index is 0.0180. The first-order chi connectivity index (χ1) is 10.6. The van der Waals surface area contributed by atoms with Crippen LogP contribution in [0.5, 0.6) is 0 Å². The minimum atomic E-state index is -0.912. The zero-order chi connectivity index (χ0) is 15.9. The molecule has 0 aliphatic heterocycles. The van der Waals surface area contributed by atoms with Crippen LogP contribution in [0, 0.1) is 5.92 Å². The lowest BCUT2D eigenvalue weighted by molar-refractivity contribution is -0.141. The lowest BCUT2D eigenvalue weighted by Crippen LogP contribution is -2.33. The highest BCUT2D eigenvalue weighted by molar-refractivity contribution is 5.90. The summed E-state index contributed by atoms with van der Waals surface area (Å²) in [5.74, 6) is -1.96. The van der Waals surface area contributed by atoms with Crippen molar-refractivity contribution in [2.75, 3.05) is 6.54 Å². The van der Waals surface area contributed by atoms with Gasteiger partial charge in [-0.05, 0) is 18.6 Å². The van der Waals surface area contributed by atoms with Crippen LogP contribution < -0.4 is 5.32 Å². The van der Waals surface area contributed by atoms with Gasteiger partial charge < -0.3 is 10.4 Å². The zero-order valence-corrected chi connectivity index (χ0v) is 12.3. The maximum atomic E-state index is 12.0. The van der Waals surface area contributed by atoms with Gasteiger partial charge in [0.2, 0.25) is 5.82 Å². The van der Waals surface area contributed by atoms with Crippen molar-refractivity contribution in [3.63, 3.8) is 0 Å². The normalized spacial score (nSPS) is 11.9. The quantitative estimate of drug-likeness (QED) is 0.807. The summed E-state index contributed by atoms with van der Waals surface area (Å²) in [6, 6.07) is 9.29. The Balaban J connectivity index is 1.99. The van der Waals surface area contributed by atoms with E-state index < -0.39 is 17.8 Å². The van der Waals surface area contributed by atoms with Crippen molar-refractivity contribution in [1.29, 1.82) is 0 Å². The predicted molar refractivity (Wildman–Crippen MR) is 79.7 cm³/mol. The van der Waals surface area contributed by atoms with Crippen LogP contribution in [0.25, 0.3) is 5.69 Å². The number of hydrogen-bond donors (Lipinski definition) is 2. The van der Waals surface area contributed by atoms with Crippen LogP contribution in [-0.2, 0) is 4.79 Å². The number of benzene rings is 1. The van der Waals surface area contributed by atoms with Crippen LogP contribution >= 0.6 is 0 Å². The van der Waals surface area contributed by atoms with Crippen molar-refractivity contribution in [2.24, 2.45) is 5.92 Å². The van der Waals surface area contributed by atoms with E-state index in [1.807, 2.05) is 37.3 Å². The number of nitrogens with one attached hydrogen (secondary N) is 1. The molecule has 7 heteroatoms. The molecule has 0 saturated heterocycles. The number of aromatic nitrogens is 3. The van der Waals surface area contributed by atoms with Crippen LogP contribution in [0.3, 0.4) is 0 Å². The smallest absolute Gasteiger partial charge is 0.308 e. The van der Waals surface area contributed by atoms with Gasteiger partial charge in [0.1, 0.15) is 6.33 Å². The molecule has 7 nitrogen and oxygen atoms in total. The molecule has 0 saturated carbocycles. The molecule has 0 fully saturated rings. The SMILES string of the molecule is CCCC(CNC(=O)c1ncn(-c2ccccc2)n1)C(=O)O. The molecule has 1 aromatic heterocycles. The Hall–Kier alpha value is -2.70. The summed E-state index contributed by atoms with van der Waals surface area (Å²) < 4.78 is 1.50. The average molecular weight is 302 g/mol. The molecule has 1 heterocycles. The van der Waals surface area contributed by atoms with Gasteiger partial charge in [0.15, 0.2) is 0 Å². The lowest BCUT2D eigenvalue weighted by atomic mass is 10.0. The fourth-order valence-corrected chi connectivity index (χ4v) is 2.03. The van der Waals surface area contributed by atoms with E-state index in [0.717, 1.165) is 12.1 Å². The molecule has 22 heavy (non-hydrogen) atoms. The third-order valence-corrected chi connectivity index (χ3v) is 3.21. The second kappa shape index (κ2) is 7.35. The standard InChI is InChI=1S/C15H18N4O3/c1-2-6-11(15(21)22)9-16-14(20)13-17-10-19(18-13)12-7-4-3-5-8-12/h3-5,7-8,10-11H,2,6,9H2,1H3,(H,16,20)(H,21,22). The summed E-state index contributed by atoms with van der Waals surface area (Å²) in [6.07, 6.45) is 2.71. The van der Waals surface area contributed by atoms with Gasteiger partial charge in [-0.1, -0.05) is 31.5 Å². The zero-order valence-electron chi connectivity index (χ0n) is 12.3. The highest BCUT2D eigenvalue weighted by Gasteiger charge is 2.19. The molecule has 0 radical (unpaired) electrons. The first-order valence-electron chi connectivity index (χ1n) is 7.10. The van der Waals surface area contributed by atoms with E-state index in [1.165, 1.54) is 11.0 Å². The number of nitrogens with zero attached hydrogens (tertiary/aromatic N) is 3. The fourth-order valence-electron chi connectivity index (χ4n) is 2.03. The van der Waals surface area contributed by atoms with Crippen molar-refractivity contribution < 1.29 is 14.7 Å². The van der Waals surface area contributed by atoms with Gasteiger partial charge in [0, 0.05) is 6.54 Å². The van der Waals surface area contributed by atoms with Gasteiger partial charge in [0.25, 0.3) is 5.91 Å². The number of amides is 1. The van der Waals surface area contributed by atoms with Crippen molar-refractivity contribution >= 4 is 11.9 Å². The first kappa shape index (κ1) is 15.7. The van der Waals surface area contributed by atoms with E-state index in [9.17, 15) is 9.59 Å². The predicted octanol–water partition coefficient (Wildman–Crippen LogP) is 1.50. The fraction of sp³-hybridized carbons (Fsp3) is 0.333. The Morgan fingerprint density at radius 2 is 2.05 bits per heavy atom. The molecule has 0 spiro atoms. The third-order valence-electron chi connectivity index (χ3n) is 3.21. The molecule has 0 bridgehead atoms. The Kier molecular flexibility index (Phi) is 5.24. The lowest BCUT2D eigenvalue weighted by Gasteiger charge is -2.11. The number of carbonyl (C=O) groups is 2. The first-order valence-corrected chi connectivity index (χ1v) is 7.10. The second-order valence-corrected chi connectivity index (χ2v) is 4.88. The average Bonchev–Trinajstić information content (AvgIpc) is 3.01. The molecule has 0 aliphatic carbocycles. The Labute approximate surface area is 128 Å². The van der Waals surface area contributed by atoms with Crippen molar-refractivity contribution in [2.45, 2.75) is 19.8 Å². The molecule has 1 atom stereocenters. The van der Waals surface area contributed by atoms with Gasteiger partial charge in [-0.3, -0.25) is 9.59 Å². The summed E-state index contributed by atoms with van der Waals surface area (Å²) in [6.45, 7) is 1.97. The van der Waals surface area contributed by atoms with E-state index in [1.54, 1.807) is 0 Å². The monoisotopic (exact) mass is 302 g/mol. The second-order valence-electron chi connectivity index (χ2n) is 4.88. The number of carboxylic acid groups (broad SMARTS) is 1. The summed E-state index contributed by atoms with van der Waals surface area (Å²) in [5, 5.41) is 15.7. The number of carboxylic acids is 1. The van der Waals surface area contributed by atoms with Crippen molar-refractivity contribution in [3.8, 4) is 5.69 Å². The molecule has 1 amide bonds. The highest BCUT2D eigenvalue weighted by Crippen LogP contribution is 2.07. The minimum Gasteiger partial charge on any atom is -0.481 e. The largest absolute Gasteiger partial charge is 0.481 e. The van der Waals surface area contributed by atoms with Crippen LogP contribution in [0.2, 0.25) is 0 Å². The molecule has 2 N–H and O–H groups in total. The van der Waals surface area contributed by atoms with Gasteiger partial charge in [-0.15, -0.1) is 5.10 Å². The van der Waals surface area contributed by atoms with Crippen LogP contribution in [0.15, 0.2) is 36.7 Å². The molecular weight excluding hydrogens is 284 g/mol. The van der Waals surface area contributed by atoms with Gasteiger partial charge in [-0.2, -0.15) is 0 Å². The van der Waals surface area contributed by atoms with Crippen molar-refractivity contribution in [1.82, 2.24) is 20.1 Å². The van der Waals surface area contributed by atoms with Gasteiger partial charge >= 0.3 is 5.97 Å². The number of rotatable bonds is 7. The Morgan fingerprint density at radius 3 is 2.68 bits per heavy atom. The Bertz CT molecular complexity index is 639. The number of carbonyl (C=O) groups excluding carboxylic acids is 1. The third kappa shape index (κ3) is 3.91. The Morgan fingerprint density at radius 1 is 1.32 bits per heavy atom. The molecule has 2 aromatic rings. The molecule has 1 unspecified atom stereocenters. The number of aliphatic carboxylic acids is 1. The summed E-state index contributed by atoms with van der Waals surface area (Å²) in [5.41, 5.74) is 0.795. The van der Waals surface area contributed by atoms with Crippen molar-refractivity contribution in [3.05, 3.63) is 42.5 Å². The van der Waals surface area contributed by atoms with Crippen LogP contribution in [0.4, 0.5) is 0 Å². The summed E-state index contributed by atoms with van der Waals surface area (Å²) in [4.78, 5) is 27.0. The summed E-state index contributed by atoms with van der Waals surface area (Å²) in [7, 11) is 0. The highest BCUT2D eigenvalue weighted by atomic mass is 16.4. The summed E-state index contributed by atoms with van der Waals surface area (Å²) >= 11 is 0. The van der Waals surface area contributed by atoms with E-state index in [0.29, 0.717) is 6.42 Å². The molecule has 2 rings (SSSR count). The van der Waals surface area contributed by atoms with Gasteiger partial charge in [-0.25, -0.2) is 9.67 Å². The van der Waals surface area contributed by atoms with E-state index in [4.69, 9.17) is 5.11 Å². The van der Waals surface area contributed by atoms with Gasteiger partial charge in [0.05, 0.1) is 11.6 Å². The van der Waals surface area contributed by atoms with E-state index >= 15 is 0 Å². The maximum absolute atomic E-state index is 12.0. The molecule has 1 aromatic carbocycles. The topological polar surface area (TPSA) is 97.1 Å². The van der Waals surface area contributed by atoms with E-state index in [2.05, 4.69) is 15.4 Å². The molecule has 116 valence electrons. The van der Waals surface area contributed by atoms with Crippen LogP contribution in [0.1, 0.15) is 30.4 Å². The number of para-hydroxylation sites is 1. The maximum Gasteiger partial charge on any atom is 0.308 e. The molecule has 0 aliphatic rings. The van der Waals surface area contributed by atoms with Crippen LogP contribution in [-0.4, -0.2) is 38.3 Å².